The van der Waals surface area contributed by atoms with Crippen molar-refractivity contribution in [2.24, 2.45) is 5.73 Å². The summed E-state index contributed by atoms with van der Waals surface area (Å²) in [6, 6.07) is 7.42. The summed E-state index contributed by atoms with van der Waals surface area (Å²) in [4.78, 5) is 14.0. The molecule has 0 spiro atoms. The number of nitriles is 1. The van der Waals surface area contributed by atoms with E-state index in [9.17, 15) is 4.79 Å². The molecule has 2 rings (SSSR count). The maximum atomic E-state index is 12.2. The van der Waals surface area contributed by atoms with Crippen LogP contribution in [0.1, 0.15) is 25.8 Å². The number of anilines is 2. The van der Waals surface area contributed by atoms with Gasteiger partial charge in [0.1, 0.15) is 0 Å². The third-order valence-corrected chi connectivity index (χ3v) is 3.41. The summed E-state index contributed by atoms with van der Waals surface area (Å²) in [5.74, 6) is 0.0238. The van der Waals surface area contributed by atoms with Crippen LogP contribution in [-0.2, 0) is 4.79 Å². The van der Waals surface area contributed by atoms with Gasteiger partial charge in [-0.05, 0) is 45.0 Å². The number of nitrogens with one attached hydrogen (secondary N) is 1. The predicted octanol–water partition coefficient (Wildman–Crippen LogP) is 1.44. The molecule has 0 atom stereocenters. The fourth-order valence-electron chi connectivity index (χ4n) is 2.46. The molecule has 1 aliphatic heterocycles. The van der Waals surface area contributed by atoms with E-state index in [0.717, 1.165) is 17.8 Å². The first-order valence-electron chi connectivity index (χ1n) is 6.31. The minimum Gasteiger partial charge on any atom is -0.374 e. The van der Waals surface area contributed by atoms with Crippen LogP contribution < -0.4 is 16.0 Å². The number of benzene rings is 1. The molecule has 0 aliphatic carbocycles. The Kier molecular flexibility index (Phi) is 3.45. The zero-order valence-corrected chi connectivity index (χ0v) is 11.2. The van der Waals surface area contributed by atoms with Crippen molar-refractivity contribution in [2.45, 2.75) is 25.8 Å². The highest BCUT2D eigenvalue weighted by atomic mass is 16.2. The van der Waals surface area contributed by atoms with Crippen LogP contribution >= 0.6 is 0 Å². The first-order valence-corrected chi connectivity index (χ1v) is 6.31. The number of carbonyl (C=O) groups excluding carboxylic acids is 1. The van der Waals surface area contributed by atoms with Crippen molar-refractivity contribution in [3.63, 3.8) is 0 Å². The molecule has 0 aromatic heterocycles. The molecule has 0 bridgehead atoms. The molecule has 5 heteroatoms. The first kappa shape index (κ1) is 13.4. The van der Waals surface area contributed by atoms with Gasteiger partial charge in [-0.15, -0.1) is 0 Å². The zero-order chi connectivity index (χ0) is 14.0. The third kappa shape index (κ3) is 2.40. The van der Waals surface area contributed by atoms with Gasteiger partial charge in [-0.1, -0.05) is 0 Å². The number of nitrogens with two attached hydrogens (primary N) is 1. The molecule has 19 heavy (non-hydrogen) atoms. The molecular weight excluding hydrogens is 240 g/mol. The van der Waals surface area contributed by atoms with E-state index in [4.69, 9.17) is 11.0 Å². The van der Waals surface area contributed by atoms with Crippen molar-refractivity contribution in [1.82, 2.24) is 0 Å². The van der Waals surface area contributed by atoms with E-state index in [0.29, 0.717) is 12.1 Å². The molecule has 1 amide bonds. The van der Waals surface area contributed by atoms with E-state index in [1.54, 1.807) is 17.0 Å². The zero-order valence-electron chi connectivity index (χ0n) is 11.2. The van der Waals surface area contributed by atoms with Gasteiger partial charge in [0.05, 0.1) is 29.6 Å². The van der Waals surface area contributed by atoms with Crippen molar-refractivity contribution >= 4 is 17.3 Å². The molecule has 5 nitrogen and oxygen atoms in total. The Labute approximate surface area is 113 Å². The molecule has 0 saturated heterocycles. The summed E-state index contributed by atoms with van der Waals surface area (Å²) in [5, 5.41) is 12.0. The van der Waals surface area contributed by atoms with Crippen molar-refractivity contribution in [3.8, 4) is 6.07 Å². The number of rotatable bonds is 3. The summed E-state index contributed by atoms with van der Waals surface area (Å²) in [7, 11) is 0. The lowest BCUT2D eigenvalue weighted by Crippen LogP contribution is -2.53. The lowest BCUT2D eigenvalue weighted by atomic mass is 9.95. The van der Waals surface area contributed by atoms with Gasteiger partial charge in [-0.2, -0.15) is 5.26 Å². The van der Waals surface area contributed by atoms with Gasteiger partial charge in [-0.3, -0.25) is 4.79 Å². The van der Waals surface area contributed by atoms with Crippen molar-refractivity contribution in [2.75, 3.05) is 23.3 Å². The highest BCUT2D eigenvalue weighted by Gasteiger charge is 2.35. The van der Waals surface area contributed by atoms with Crippen LogP contribution in [-0.4, -0.2) is 24.5 Å². The summed E-state index contributed by atoms with van der Waals surface area (Å²) < 4.78 is 0. The van der Waals surface area contributed by atoms with Crippen LogP contribution in [0, 0.1) is 11.3 Å². The van der Waals surface area contributed by atoms with E-state index >= 15 is 0 Å². The molecule has 1 aliphatic rings. The highest BCUT2D eigenvalue weighted by molar-refractivity contribution is 6.03. The van der Waals surface area contributed by atoms with E-state index < -0.39 is 0 Å². The van der Waals surface area contributed by atoms with E-state index in [2.05, 4.69) is 11.4 Å². The third-order valence-electron chi connectivity index (χ3n) is 3.41. The van der Waals surface area contributed by atoms with Crippen LogP contribution in [0.5, 0.6) is 0 Å². The van der Waals surface area contributed by atoms with Gasteiger partial charge >= 0.3 is 0 Å². The molecule has 100 valence electrons. The maximum Gasteiger partial charge on any atom is 0.246 e. The highest BCUT2D eigenvalue weighted by Crippen LogP contribution is 2.36. The van der Waals surface area contributed by atoms with E-state index in [1.807, 2.05) is 19.9 Å². The fourth-order valence-corrected chi connectivity index (χ4v) is 2.46. The first-order chi connectivity index (χ1) is 8.99. The molecule has 1 heterocycles. The van der Waals surface area contributed by atoms with Crippen LogP contribution in [0.15, 0.2) is 18.2 Å². The average Bonchev–Trinajstić information content (AvgIpc) is 2.37. The van der Waals surface area contributed by atoms with Gasteiger partial charge < -0.3 is 16.0 Å². The van der Waals surface area contributed by atoms with Crippen molar-refractivity contribution in [3.05, 3.63) is 23.8 Å². The quantitative estimate of drug-likeness (QED) is 0.859. The largest absolute Gasteiger partial charge is 0.374 e. The topological polar surface area (TPSA) is 82.2 Å². The maximum absolute atomic E-state index is 12.2. The molecule has 1 aromatic carbocycles. The Morgan fingerprint density at radius 1 is 1.53 bits per heavy atom. The average molecular weight is 258 g/mol. The van der Waals surface area contributed by atoms with Crippen LogP contribution in [0.3, 0.4) is 0 Å². The predicted molar refractivity (Wildman–Crippen MR) is 74.9 cm³/mol. The second-order valence-electron chi connectivity index (χ2n) is 5.28. The number of amides is 1. The van der Waals surface area contributed by atoms with Crippen LogP contribution in [0.25, 0.3) is 0 Å². The standard InChI is InChI=1S/C14H18N4O/c1-14(2,5-6-15)18-12-4-3-10(8-16)7-11(12)17-9-13(18)19/h3-4,7,17H,5-6,9,15H2,1-2H3. The normalized spacial score (nSPS) is 14.6. The number of hydrogen-bond donors (Lipinski definition) is 2. The molecular formula is C14H18N4O. The van der Waals surface area contributed by atoms with E-state index in [1.165, 1.54) is 0 Å². The van der Waals surface area contributed by atoms with Gasteiger partial charge in [-0.25, -0.2) is 0 Å². The number of carbonyl (C=O) groups is 1. The number of nitrogens with zero attached hydrogens (tertiary/aromatic N) is 2. The van der Waals surface area contributed by atoms with Gasteiger partial charge in [0.15, 0.2) is 0 Å². The molecule has 3 N–H and O–H groups in total. The van der Waals surface area contributed by atoms with Crippen LogP contribution in [0.2, 0.25) is 0 Å². The van der Waals surface area contributed by atoms with Crippen molar-refractivity contribution in [1.29, 1.82) is 5.26 Å². The van der Waals surface area contributed by atoms with Gasteiger partial charge in [0.25, 0.3) is 0 Å². The number of fused-ring (bicyclic) bond motifs is 1. The summed E-state index contributed by atoms with van der Waals surface area (Å²) in [6.07, 6.45) is 0.720. The number of hydrogen-bond acceptors (Lipinski definition) is 4. The Balaban J connectivity index is 2.47. The van der Waals surface area contributed by atoms with Gasteiger partial charge in [0.2, 0.25) is 5.91 Å². The second-order valence-corrected chi connectivity index (χ2v) is 5.28. The van der Waals surface area contributed by atoms with Crippen LogP contribution in [0.4, 0.5) is 11.4 Å². The Morgan fingerprint density at radius 3 is 2.89 bits per heavy atom. The molecule has 0 saturated carbocycles. The molecule has 0 fully saturated rings. The van der Waals surface area contributed by atoms with Gasteiger partial charge in [0, 0.05) is 5.54 Å². The Hall–Kier alpha value is -2.06. The SMILES string of the molecule is CC(C)(CCN)N1C(=O)CNc2cc(C#N)ccc21. The molecule has 0 unspecified atom stereocenters. The summed E-state index contributed by atoms with van der Waals surface area (Å²) in [6.45, 7) is 4.78. The van der Waals surface area contributed by atoms with E-state index in [-0.39, 0.29) is 18.0 Å². The lowest BCUT2D eigenvalue weighted by Gasteiger charge is -2.42. The van der Waals surface area contributed by atoms with Crippen molar-refractivity contribution < 1.29 is 4.79 Å². The summed E-state index contributed by atoms with van der Waals surface area (Å²) in [5.41, 5.74) is 7.52. The molecule has 0 radical (unpaired) electrons. The smallest absolute Gasteiger partial charge is 0.246 e. The Morgan fingerprint density at radius 2 is 2.26 bits per heavy atom. The summed E-state index contributed by atoms with van der Waals surface area (Å²) >= 11 is 0. The fraction of sp³-hybridized carbons (Fsp3) is 0.429. The second kappa shape index (κ2) is 4.90. The monoisotopic (exact) mass is 258 g/mol. The lowest BCUT2D eigenvalue weighted by molar-refractivity contribution is -0.118. The minimum absolute atomic E-state index is 0.0238. The molecule has 1 aromatic rings. The Bertz CT molecular complexity index is 545. The minimum atomic E-state index is -0.336.